The van der Waals surface area contributed by atoms with E-state index in [-0.39, 0.29) is 28.8 Å². The third kappa shape index (κ3) is 6.88. The average Bonchev–Trinajstić information content (AvgIpc) is 2.95. The van der Waals surface area contributed by atoms with Crippen LogP contribution in [-0.4, -0.2) is 59.0 Å². The Labute approximate surface area is 230 Å². The van der Waals surface area contributed by atoms with Crippen LogP contribution in [0, 0.1) is 6.92 Å². The standard InChI is InChI=1S/C29H35N3O6S/c1-6-25(29(34)30-3)31(19-22-11-9-10-21(2)18-22)28(33)20-32(26-12-7-8-13-27(26)38-5)39(35,36)24-16-14-23(37-4)15-17-24/h7-18,25H,6,19-20H2,1-5H3,(H,30,34). The molecule has 0 heterocycles. The lowest BCUT2D eigenvalue weighted by Crippen LogP contribution is -2.51. The SMILES string of the molecule is CCC(C(=O)NC)N(Cc1cccc(C)c1)C(=O)CN(c1ccccc1OC)S(=O)(=O)c1ccc(OC)cc1. The van der Waals surface area contributed by atoms with Crippen LogP contribution in [0.2, 0.25) is 0 Å². The number of nitrogens with one attached hydrogen (secondary N) is 1. The summed E-state index contributed by atoms with van der Waals surface area (Å²) in [6.45, 7) is 3.34. The number of likely N-dealkylation sites (N-methyl/N-ethyl adjacent to an activating group) is 1. The molecule has 0 aliphatic heterocycles. The maximum atomic E-state index is 14.0. The van der Waals surface area contributed by atoms with Crippen LogP contribution in [0.3, 0.4) is 0 Å². The van der Waals surface area contributed by atoms with Crippen molar-refractivity contribution >= 4 is 27.5 Å². The van der Waals surface area contributed by atoms with Crippen molar-refractivity contribution in [3.8, 4) is 11.5 Å². The molecule has 3 rings (SSSR count). The van der Waals surface area contributed by atoms with Gasteiger partial charge < -0.3 is 19.7 Å². The molecule has 208 valence electrons. The van der Waals surface area contributed by atoms with Crippen molar-refractivity contribution in [1.29, 1.82) is 0 Å². The van der Waals surface area contributed by atoms with Crippen LogP contribution in [0.15, 0.2) is 77.7 Å². The van der Waals surface area contributed by atoms with Gasteiger partial charge in [-0.15, -0.1) is 0 Å². The molecule has 1 N–H and O–H groups in total. The van der Waals surface area contributed by atoms with E-state index in [4.69, 9.17) is 9.47 Å². The highest BCUT2D eigenvalue weighted by Crippen LogP contribution is 2.33. The Balaban J connectivity index is 2.10. The Morgan fingerprint density at radius 3 is 2.23 bits per heavy atom. The number of ether oxygens (including phenoxy) is 2. The summed E-state index contributed by atoms with van der Waals surface area (Å²) in [5.74, 6) is -0.0872. The fraction of sp³-hybridized carbons (Fsp3) is 0.310. The number of hydrogen-bond donors (Lipinski definition) is 1. The van der Waals surface area contributed by atoms with E-state index in [0.29, 0.717) is 12.2 Å². The molecule has 39 heavy (non-hydrogen) atoms. The lowest BCUT2D eigenvalue weighted by atomic mass is 10.1. The summed E-state index contributed by atoms with van der Waals surface area (Å²) < 4.78 is 39.6. The van der Waals surface area contributed by atoms with Gasteiger partial charge in [-0.2, -0.15) is 0 Å². The molecule has 0 saturated carbocycles. The van der Waals surface area contributed by atoms with Crippen LogP contribution >= 0.6 is 0 Å². The summed E-state index contributed by atoms with van der Waals surface area (Å²) in [6.07, 6.45) is 0.344. The van der Waals surface area contributed by atoms with Crippen molar-refractivity contribution in [1.82, 2.24) is 10.2 Å². The molecule has 0 spiro atoms. The molecular formula is C29H35N3O6S. The van der Waals surface area contributed by atoms with E-state index < -0.39 is 28.5 Å². The van der Waals surface area contributed by atoms with Gasteiger partial charge in [0, 0.05) is 13.6 Å². The number of aryl methyl sites for hydroxylation is 1. The lowest BCUT2D eigenvalue weighted by molar-refractivity contribution is -0.140. The van der Waals surface area contributed by atoms with E-state index in [1.807, 2.05) is 38.1 Å². The largest absolute Gasteiger partial charge is 0.497 e. The second-order valence-corrected chi connectivity index (χ2v) is 10.8. The van der Waals surface area contributed by atoms with Crippen molar-refractivity contribution < 1.29 is 27.5 Å². The van der Waals surface area contributed by atoms with Gasteiger partial charge in [-0.05, 0) is 55.3 Å². The number of para-hydroxylation sites is 2. The van der Waals surface area contributed by atoms with Gasteiger partial charge in [0.25, 0.3) is 10.0 Å². The number of carbonyl (C=O) groups is 2. The molecule has 0 saturated heterocycles. The van der Waals surface area contributed by atoms with Crippen LogP contribution in [0.1, 0.15) is 24.5 Å². The summed E-state index contributed by atoms with van der Waals surface area (Å²) >= 11 is 0. The fourth-order valence-corrected chi connectivity index (χ4v) is 5.74. The van der Waals surface area contributed by atoms with Crippen molar-refractivity contribution in [2.24, 2.45) is 0 Å². The van der Waals surface area contributed by atoms with Crippen molar-refractivity contribution in [2.45, 2.75) is 37.8 Å². The van der Waals surface area contributed by atoms with Gasteiger partial charge in [0.1, 0.15) is 24.1 Å². The van der Waals surface area contributed by atoms with Gasteiger partial charge >= 0.3 is 0 Å². The van der Waals surface area contributed by atoms with E-state index in [1.54, 1.807) is 24.3 Å². The minimum atomic E-state index is -4.23. The minimum absolute atomic E-state index is 0.0226. The Hall–Kier alpha value is -4.05. The van der Waals surface area contributed by atoms with E-state index in [2.05, 4.69) is 5.32 Å². The summed E-state index contributed by atoms with van der Waals surface area (Å²) in [4.78, 5) is 28.2. The van der Waals surface area contributed by atoms with Crippen LogP contribution in [0.4, 0.5) is 5.69 Å². The second kappa shape index (κ2) is 13.1. The number of nitrogens with zero attached hydrogens (tertiary/aromatic N) is 2. The van der Waals surface area contributed by atoms with Crippen molar-refractivity contribution in [2.75, 3.05) is 32.1 Å². The summed E-state index contributed by atoms with van der Waals surface area (Å²) in [5, 5.41) is 2.62. The average molecular weight is 554 g/mol. The third-order valence-corrected chi connectivity index (χ3v) is 8.12. The molecule has 10 heteroatoms. The Morgan fingerprint density at radius 1 is 0.949 bits per heavy atom. The van der Waals surface area contributed by atoms with E-state index >= 15 is 0 Å². The number of rotatable bonds is 12. The summed E-state index contributed by atoms with van der Waals surface area (Å²) in [7, 11) is 0.202. The molecule has 0 bridgehead atoms. The molecular weight excluding hydrogens is 518 g/mol. The molecule has 1 atom stereocenters. The van der Waals surface area contributed by atoms with Crippen molar-refractivity contribution in [3.05, 3.63) is 83.9 Å². The van der Waals surface area contributed by atoms with Gasteiger partial charge in [-0.1, -0.05) is 48.9 Å². The number of anilines is 1. The van der Waals surface area contributed by atoms with Gasteiger partial charge in [0.05, 0.1) is 24.8 Å². The third-order valence-electron chi connectivity index (χ3n) is 6.35. The topological polar surface area (TPSA) is 105 Å². The van der Waals surface area contributed by atoms with Crippen molar-refractivity contribution in [3.63, 3.8) is 0 Å². The molecule has 1 unspecified atom stereocenters. The van der Waals surface area contributed by atoms with Crippen LogP contribution in [0.5, 0.6) is 11.5 Å². The molecule has 0 aromatic heterocycles. The van der Waals surface area contributed by atoms with E-state index in [1.165, 1.54) is 50.4 Å². The first-order valence-electron chi connectivity index (χ1n) is 12.5. The van der Waals surface area contributed by atoms with Gasteiger partial charge in [0.15, 0.2) is 0 Å². The highest BCUT2D eigenvalue weighted by atomic mass is 32.2. The zero-order valence-corrected chi connectivity index (χ0v) is 23.7. The molecule has 2 amide bonds. The molecule has 0 radical (unpaired) electrons. The van der Waals surface area contributed by atoms with E-state index in [0.717, 1.165) is 15.4 Å². The number of methoxy groups -OCH3 is 2. The fourth-order valence-electron chi connectivity index (χ4n) is 4.32. The monoisotopic (exact) mass is 553 g/mol. The predicted molar refractivity (Wildman–Crippen MR) is 150 cm³/mol. The summed E-state index contributed by atoms with van der Waals surface area (Å²) in [6, 6.07) is 19.3. The molecule has 9 nitrogen and oxygen atoms in total. The molecule has 0 aliphatic carbocycles. The Bertz CT molecular complexity index is 1390. The number of amides is 2. The second-order valence-electron chi connectivity index (χ2n) is 8.91. The Kier molecular flexibility index (Phi) is 9.95. The zero-order chi connectivity index (χ0) is 28.6. The van der Waals surface area contributed by atoms with Crippen LogP contribution < -0.4 is 19.1 Å². The van der Waals surface area contributed by atoms with Gasteiger partial charge in [-0.3, -0.25) is 13.9 Å². The number of benzene rings is 3. The first-order chi connectivity index (χ1) is 18.7. The highest BCUT2D eigenvalue weighted by Gasteiger charge is 2.34. The molecule has 0 fully saturated rings. The molecule has 3 aromatic carbocycles. The number of hydrogen-bond acceptors (Lipinski definition) is 6. The highest BCUT2D eigenvalue weighted by molar-refractivity contribution is 7.92. The predicted octanol–water partition coefficient (Wildman–Crippen LogP) is 3.76. The quantitative estimate of drug-likeness (QED) is 0.366. The normalized spacial score (nSPS) is 11.8. The molecule has 3 aromatic rings. The van der Waals surface area contributed by atoms with Crippen LogP contribution in [0.25, 0.3) is 0 Å². The van der Waals surface area contributed by atoms with Gasteiger partial charge in [0.2, 0.25) is 11.8 Å². The lowest BCUT2D eigenvalue weighted by Gasteiger charge is -2.33. The first kappa shape index (κ1) is 29.5. The van der Waals surface area contributed by atoms with Crippen LogP contribution in [-0.2, 0) is 26.2 Å². The maximum Gasteiger partial charge on any atom is 0.264 e. The molecule has 0 aliphatic rings. The zero-order valence-electron chi connectivity index (χ0n) is 22.9. The first-order valence-corrected chi connectivity index (χ1v) is 14.0. The Morgan fingerprint density at radius 2 is 1.64 bits per heavy atom. The summed E-state index contributed by atoms with van der Waals surface area (Å²) in [5.41, 5.74) is 2.03. The minimum Gasteiger partial charge on any atom is -0.497 e. The van der Waals surface area contributed by atoms with Gasteiger partial charge in [-0.25, -0.2) is 8.42 Å². The smallest absolute Gasteiger partial charge is 0.264 e. The number of sulfonamides is 1. The number of carbonyl (C=O) groups excluding carboxylic acids is 2. The maximum absolute atomic E-state index is 14.0. The van der Waals surface area contributed by atoms with E-state index in [9.17, 15) is 18.0 Å².